The van der Waals surface area contributed by atoms with Gasteiger partial charge in [-0.2, -0.15) is 18.3 Å². The molecule has 0 N–H and O–H groups in total. The second-order valence-electron chi connectivity index (χ2n) is 5.69. The minimum Gasteiger partial charge on any atom is -0.439 e. The second kappa shape index (κ2) is 8.19. The average Bonchev–Trinajstić information content (AvgIpc) is 3.17. The zero-order valence-corrected chi connectivity index (χ0v) is 16.3. The third-order valence-corrected chi connectivity index (χ3v) is 4.61. The van der Waals surface area contributed by atoms with E-state index in [1.54, 1.807) is 24.3 Å². The van der Waals surface area contributed by atoms with Gasteiger partial charge >= 0.3 is 6.18 Å². The van der Waals surface area contributed by atoms with Crippen molar-refractivity contribution < 1.29 is 22.7 Å². The molecule has 3 rings (SSSR count). The highest BCUT2D eigenvalue weighted by molar-refractivity contribution is 7.15. The third-order valence-electron chi connectivity index (χ3n) is 3.52. The van der Waals surface area contributed by atoms with E-state index in [4.69, 9.17) is 21.2 Å². The zero-order chi connectivity index (χ0) is 20.3. The van der Waals surface area contributed by atoms with Crippen molar-refractivity contribution in [2.45, 2.75) is 19.7 Å². The van der Waals surface area contributed by atoms with Crippen LogP contribution in [-0.2, 0) is 24.7 Å². The molecule has 0 amide bonds. The summed E-state index contributed by atoms with van der Waals surface area (Å²) < 4.78 is 47.0. The number of aromatic nitrogens is 3. The maximum absolute atomic E-state index is 13.4. The molecule has 1 aromatic carbocycles. The molecule has 0 fully saturated rings. The maximum atomic E-state index is 13.4. The summed E-state index contributed by atoms with van der Waals surface area (Å²) in [5, 5.41) is 7.16. The molecule has 0 radical (unpaired) electrons. The van der Waals surface area contributed by atoms with E-state index < -0.39 is 11.9 Å². The van der Waals surface area contributed by atoms with E-state index in [-0.39, 0.29) is 18.1 Å². The summed E-state index contributed by atoms with van der Waals surface area (Å²) in [6.07, 6.45) is -2.25. The van der Waals surface area contributed by atoms with Crippen LogP contribution in [0.2, 0.25) is 4.47 Å². The first-order valence-corrected chi connectivity index (χ1v) is 9.07. The highest BCUT2D eigenvalue weighted by Gasteiger charge is 2.39. The zero-order valence-electron chi connectivity index (χ0n) is 14.7. The van der Waals surface area contributed by atoms with Crippen LogP contribution in [0.3, 0.4) is 0 Å². The first-order chi connectivity index (χ1) is 13.2. The lowest BCUT2D eigenvalue weighted by atomic mass is 10.2. The molecule has 0 spiro atoms. The van der Waals surface area contributed by atoms with Crippen LogP contribution in [0.5, 0.6) is 11.6 Å². The Bertz CT molecular complexity index is 983. The van der Waals surface area contributed by atoms with Gasteiger partial charge in [-0.05, 0) is 19.1 Å². The van der Waals surface area contributed by atoms with Gasteiger partial charge in [-0.15, -0.1) is 11.3 Å². The molecule has 28 heavy (non-hydrogen) atoms. The van der Waals surface area contributed by atoms with E-state index in [9.17, 15) is 13.2 Å². The molecule has 2 aromatic heterocycles. The largest absolute Gasteiger partial charge is 0.439 e. The molecular weight excluding hydrogens is 417 g/mol. The standard InChI is InChI=1S/C17H14ClF3N4O2S/c1-10-3-5-11(6-4-10)27-15-13(14(17(19,20)21)24-25(15)2)8-23-26-9-12-7-22-16(18)28-12/h3-8H,9H2,1-2H3/b23-8+. The summed E-state index contributed by atoms with van der Waals surface area (Å²) >= 11 is 6.90. The third kappa shape index (κ3) is 4.82. The Morgan fingerprint density at radius 1 is 1.29 bits per heavy atom. The lowest BCUT2D eigenvalue weighted by Crippen LogP contribution is -2.09. The summed E-state index contributed by atoms with van der Waals surface area (Å²) in [5.74, 6) is 0.265. The summed E-state index contributed by atoms with van der Waals surface area (Å²) in [6, 6.07) is 6.88. The van der Waals surface area contributed by atoms with Crippen molar-refractivity contribution in [2.24, 2.45) is 12.2 Å². The molecule has 0 atom stereocenters. The molecule has 2 heterocycles. The summed E-state index contributed by atoms with van der Waals surface area (Å²) in [5.41, 5.74) is -0.463. The van der Waals surface area contributed by atoms with Gasteiger partial charge in [0.15, 0.2) is 16.8 Å². The highest BCUT2D eigenvalue weighted by atomic mass is 35.5. The molecule has 148 valence electrons. The number of halogens is 4. The van der Waals surface area contributed by atoms with E-state index in [1.807, 2.05) is 6.92 Å². The van der Waals surface area contributed by atoms with E-state index in [0.717, 1.165) is 16.5 Å². The molecule has 0 bridgehead atoms. The van der Waals surface area contributed by atoms with Gasteiger partial charge in [0, 0.05) is 13.2 Å². The van der Waals surface area contributed by atoms with Crippen LogP contribution in [0.25, 0.3) is 0 Å². The van der Waals surface area contributed by atoms with Gasteiger partial charge in [-0.1, -0.05) is 34.5 Å². The van der Waals surface area contributed by atoms with Gasteiger partial charge in [0.2, 0.25) is 5.88 Å². The Morgan fingerprint density at radius 3 is 2.61 bits per heavy atom. The fourth-order valence-electron chi connectivity index (χ4n) is 2.23. The quantitative estimate of drug-likeness (QED) is 0.398. The topological polar surface area (TPSA) is 61.5 Å². The Labute approximate surface area is 167 Å². The van der Waals surface area contributed by atoms with E-state index in [2.05, 4.69) is 15.2 Å². The van der Waals surface area contributed by atoms with Crippen molar-refractivity contribution in [3.8, 4) is 11.6 Å². The smallest absolute Gasteiger partial charge is 0.435 e. The number of ether oxygens (including phenoxy) is 1. The van der Waals surface area contributed by atoms with Gasteiger partial charge in [0.05, 0.1) is 16.7 Å². The Morgan fingerprint density at radius 2 is 2.00 bits per heavy atom. The van der Waals surface area contributed by atoms with E-state index in [0.29, 0.717) is 15.1 Å². The lowest BCUT2D eigenvalue weighted by molar-refractivity contribution is -0.141. The molecule has 3 aromatic rings. The van der Waals surface area contributed by atoms with Crippen molar-refractivity contribution in [2.75, 3.05) is 0 Å². The minimum atomic E-state index is -4.68. The molecule has 6 nitrogen and oxygen atoms in total. The van der Waals surface area contributed by atoms with Crippen molar-refractivity contribution in [1.29, 1.82) is 0 Å². The molecular formula is C17H14ClF3N4O2S. The number of aryl methyl sites for hydroxylation is 2. The minimum absolute atomic E-state index is 0.0245. The van der Waals surface area contributed by atoms with E-state index in [1.165, 1.54) is 24.6 Å². The number of benzene rings is 1. The number of hydrogen-bond acceptors (Lipinski definition) is 6. The first kappa shape index (κ1) is 20.2. The molecule has 0 saturated heterocycles. The SMILES string of the molecule is Cc1ccc(Oc2c(/C=N/OCc3cnc(Cl)s3)c(C(F)(F)F)nn2C)cc1. The monoisotopic (exact) mass is 430 g/mol. The number of alkyl halides is 3. The van der Waals surface area contributed by atoms with Crippen molar-refractivity contribution in [3.05, 3.63) is 56.6 Å². The van der Waals surface area contributed by atoms with Crippen LogP contribution in [0.15, 0.2) is 35.6 Å². The lowest BCUT2D eigenvalue weighted by Gasteiger charge is -2.07. The molecule has 0 aliphatic rings. The van der Waals surface area contributed by atoms with Gasteiger partial charge in [-0.3, -0.25) is 0 Å². The van der Waals surface area contributed by atoms with Gasteiger partial charge in [0.25, 0.3) is 0 Å². The summed E-state index contributed by atoms with van der Waals surface area (Å²) in [4.78, 5) is 9.58. The average molecular weight is 431 g/mol. The Kier molecular flexibility index (Phi) is 5.90. The van der Waals surface area contributed by atoms with Crippen molar-refractivity contribution in [1.82, 2.24) is 14.8 Å². The second-order valence-corrected chi connectivity index (χ2v) is 7.39. The van der Waals surface area contributed by atoms with Gasteiger partial charge < -0.3 is 9.57 Å². The number of thiazole rings is 1. The predicted molar refractivity (Wildman–Crippen MR) is 99.0 cm³/mol. The molecule has 11 heteroatoms. The van der Waals surface area contributed by atoms with Gasteiger partial charge in [0.1, 0.15) is 5.75 Å². The molecule has 0 aliphatic heterocycles. The number of rotatable bonds is 6. The molecule has 0 aliphatic carbocycles. The summed E-state index contributed by atoms with van der Waals surface area (Å²) in [7, 11) is 1.36. The van der Waals surface area contributed by atoms with Crippen LogP contribution in [0.1, 0.15) is 21.7 Å². The van der Waals surface area contributed by atoms with Crippen LogP contribution < -0.4 is 4.74 Å². The van der Waals surface area contributed by atoms with Crippen LogP contribution in [0.4, 0.5) is 13.2 Å². The normalized spacial score (nSPS) is 11.9. The Hall–Kier alpha value is -2.59. The van der Waals surface area contributed by atoms with Gasteiger partial charge in [-0.25, -0.2) is 9.67 Å². The van der Waals surface area contributed by atoms with Crippen molar-refractivity contribution in [3.63, 3.8) is 0 Å². The first-order valence-electron chi connectivity index (χ1n) is 7.88. The molecule has 0 unspecified atom stereocenters. The fraction of sp³-hybridized carbons (Fsp3) is 0.235. The van der Waals surface area contributed by atoms with Crippen molar-refractivity contribution >= 4 is 29.2 Å². The number of oxime groups is 1. The van der Waals surface area contributed by atoms with E-state index >= 15 is 0 Å². The summed E-state index contributed by atoms with van der Waals surface area (Å²) in [6.45, 7) is 1.91. The number of hydrogen-bond donors (Lipinski definition) is 0. The molecule has 0 saturated carbocycles. The van der Waals surface area contributed by atoms with Crippen LogP contribution >= 0.6 is 22.9 Å². The predicted octanol–water partition coefficient (Wildman–Crippen LogP) is 5.20. The highest BCUT2D eigenvalue weighted by Crippen LogP contribution is 2.36. The van der Waals surface area contributed by atoms with Crippen LogP contribution in [-0.4, -0.2) is 21.0 Å². The fourth-order valence-corrected chi connectivity index (χ4v) is 3.12. The maximum Gasteiger partial charge on any atom is 0.435 e. The number of nitrogens with zero attached hydrogens (tertiary/aromatic N) is 4. The Balaban J connectivity index is 1.85. The van der Waals surface area contributed by atoms with Crippen LogP contribution in [0, 0.1) is 6.92 Å².